The van der Waals surface area contributed by atoms with Crippen LogP contribution in [0.15, 0.2) is 42.0 Å². The van der Waals surface area contributed by atoms with Crippen LogP contribution in [0.4, 0.5) is 0 Å². The van der Waals surface area contributed by atoms with Crippen LogP contribution in [0.2, 0.25) is 0 Å². The van der Waals surface area contributed by atoms with E-state index >= 15 is 0 Å². The van der Waals surface area contributed by atoms with Crippen molar-refractivity contribution in [2.45, 2.75) is 32.9 Å². The molecule has 2 aromatic heterocycles. The number of pyridine rings is 1. The first-order valence-electron chi connectivity index (χ1n) is 8.04. The maximum Gasteiger partial charge on any atom is 0.191 e. The summed E-state index contributed by atoms with van der Waals surface area (Å²) < 4.78 is 7.28. The molecule has 0 atom stereocenters. The zero-order chi connectivity index (χ0) is 17.4. The molecule has 25 heavy (non-hydrogen) atoms. The molecule has 2 rings (SSSR count). The van der Waals surface area contributed by atoms with Crippen molar-refractivity contribution in [1.29, 1.82) is 0 Å². The average Bonchev–Trinajstić information content (AvgIpc) is 3.12. The smallest absolute Gasteiger partial charge is 0.191 e. The fourth-order valence-corrected chi connectivity index (χ4v) is 1.94. The first-order chi connectivity index (χ1) is 11.5. The third-order valence-corrected chi connectivity index (χ3v) is 3.58. The monoisotopic (exact) mass is 458 g/mol. The van der Waals surface area contributed by atoms with Gasteiger partial charge in [0.1, 0.15) is 12.1 Å². The van der Waals surface area contributed by atoms with E-state index < -0.39 is 0 Å². The lowest BCUT2D eigenvalue weighted by Crippen LogP contribution is -2.45. The molecule has 0 saturated carbocycles. The average molecular weight is 458 g/mol. The lowest BCUT2D eigenvalue weighted by Gasteiger charge is -2.24. The summed E-state index contributed by atoms with van der Waals surface area (Å²) >= 11 is 0. The van der Waals surface area contributed by atoms with Crippen molar-refractivity contribution in [3.8, 4) is 5.82 Å². The van der Waals surface area contributed by atoms with Gasteiger partial charge in [-0.3, -0.25) is 4.57 Å². The van der Waals surface area contributed by atoms with Gasteiger partial charge in [-0.05, 0) is 32.4 Å². The van der Waals surface area contributed by atoms with Gasteiger partial charge < -0.3 is 15.4 Å². The molecule has 0 aliphatic rings. The molecule has 7 nitrogen and oxygen atoms in total. The van der Waals surface area contributed by atoms with Crippen molar-refractivity contribution < 1.29 is 4.74 Å². The van der Waals surface area contributed by atoms with Crippen molar-refractivity contribution in [2.75, 3.05) is 20.2 Å². The predicted molar refractivity (Wildman–Crippen MR) is 111 cm³/mol. The number of guanidine groups is 1. The SMILES string of the molecule is CCNC(=NCc1ccc(-n2ccnc2)nc1)NCC(C)(C)OC.I. The second-order valence-electron chi connectivity index (χ2n) is 6.01. The Morgan fingerprint density at radius 3 is 2.68 bits per heavy atom. The lowest BCUT2D eigenvalue weighted by molar-refractivity contribution is 0.0268. The van der Waals surface area contributed by atoms with E-state index in [-0.39, 0.29) is 29.6 Å². The fraction of sp³-hybridized carbons (Fsp3) is 0.471. The van der Waals surface area contributed by atoms with E-state index in [0.29, 0.717) is 13.1 Å². The molecule has 0 fully saturated rings. The van der Waals surface area contributed by atoms with E-state index in [9.17, 15) is 0 Å². The Hall–Kier alpha value is -1.68. The van der Waals surface area contributed by atoms with Gasteiger partial charge in [-0.15, -0.1) is 24.0 Å². The van der Waals surface area contributed by atoms with Crippen LogP contribution in [0, 0.1) is 0 Å². The number of methoxy groups -OCH3 is 1. The van der Waals surface area contributed by atoms with Crippen LogP contribution in [0.25, 0.3) is 5.82 Å². The van der Waals surface area contributed by atoms with Crippen LogP contribution in [-0.4, -0.2) is 46.3 Å². The first kappa shape index (κ1) is 21.4. The van der Waals surface area contributed by atoms with Gasteiger partial charge in [0.05, 0.1) is 12.1 Å². The molecular formula is C17H27IN6O. The summed E-state index contributed by atoms with van der Waals surface area (Å²) in [5.74, 6) is 1.61. The van der Waals surface area contributed by atoms with Gasteiger partial charge in [0.25, 0.3) is 0 Å². The lowest BCUT2D eigenvalue weighted by atomic mass is 10.1. The minimum absolute atomic E-state index is 0. The van der Waals surface area contributed by atoms with Crippen LogP contribution < -0.4 is 10.6 Å². The molecule has 2 heterocycles. The summed E-state index contributed by atoms with van der Waals surface area (Å²) in [6.07, 6.45) is 7.16. The van der Waals surface area contributed by atoms with Crippen LogP contribution in [-0.2, 0) is 11.3 Å². The van der Waals surface area contributed by atoms with E-state index in [4.69, 9.17) is 4.74 Å². The van der Waals surface area contributed by atoms with Crippen LogP contribution >= 0.6 is 24.0 Å². The van der Waals surface area contributed by atoms with E-state index in [1.165, 1.54) is 0 Å². The number of halogens is 1. The highest BCUT2D eigenvalue weighted by Crippen LogP contribution is 2.07. The molecule has 0 amide bonds. The predicted octanol–water partition coefficient (Wildman–Crippen LogP) is 2.37. The van der Waals surface area contributed by atoms with Gasteiger partial charge in [-0.25, -0.2) is 15.0 Å². The highest BCUT2D eigenvalue weighted by atomic mass is 127. The summed E-state index contributed by atoms with van der Waals surface area (Å²) in [4.78, 5) is 13.1. The second kappa shape index (κ2) is 10.3. The van der Waals surface area contributed by atoms with Crippen molar-refractivity contribution in [3.63, 3.8) is 0 Å². The molecule has 138 valence electrons. The van der Waals surface area contributed by atoms with Crippen LogP contribution in [0.1, 0.15) is 26.3 Å². The van der Waals surface area contributed by atoms with E-state index in [2.05, 4.69) is 25.6 Å². The normalized spacial score (nSPS) is 11.8. The topological polar surface area (TPSA) is 76.4 Å². The molecule has 0 radical (unpaired) electrons. The Morgan fingerprint density at radius 1 is 1.32 bits per heavy atom. The minimum atomic E-state index is -0.246. The van der Waals surface area contributed by atoms with Crippen LogP contribution in [0.3, 0.4) is 0 Å². The number of aromatic nitrogens is 3. The summed E-state index contributed by atoms with van der Waals surface area (Å²) in [5, 5.41) is 6.53. The summed E-state index contributed by atoms with van der Waals surface area (Å²) in [7, 11) is 1.71. The number of rotatable bonds is 7. The molecule has 0 aromatic carbocycles. The molecule has 0 bridgehead atoms. The number of nitrogens with one attached hydrogen (secondary N) is 2. The molecule has 0 saturated heterocycles. The molecule has 0 aliphatic carbocycles. The van der Waals surface area contributed by atoms with Crippen LogP contribution in [0.5, 0.6) is 0 Å². The van der Waals surface area contributed by atoms with E-state index in [1.54, 1.807) is 19.6 Å². The number of hydrogen-bond acceptors (Lipinski definition) is 4. The number of hydrogen-bond donors (Lipinski definition) is 2. The van der Waals surface area contributed by atoms with Crippen molar-refractivity contribution in [1.82, 2.24) is 25.2 Å². The molecule has 2 aromatic rings. The second-order valence-corrected chi connectivity index (χ2v) is 6.01. The van der Waals surface area contributed by atoms with Crippen molar-refractivity contribution >= 4 is 29.9 Å². The Labute approximate surface area is 166 Å². The van der Waals surface area contributed by atoms with Gasteiger partial charge >= 0.3 is 0 Å². The van der Waals surface area contributed by atoms with Gasteiger partial charge in [0, 0.05) is 38.8 Å². The van der Waals surface area contributed by atoms with Gasteiger partial charge in [0.2, 0.25) is 0 Å². The zero-order valence-corrected chi connectivity index (χ0v) is 17.5. The highest BCUT2D eigenvalue weighted by molar-refractivity contribution is 14.0. The quantitative estimate of drug-likeness (QED) is 0.379. The highest BCUT2D eigenvalue weighted by Gasteiger charge is 2.16. The van der Waals surface area contributed by atoms with Crippen molar-refractivity contribution in [2.24, 2.45) is 4.99 Å². The van der Waals surface area contributed by atoms with Gasteiger partial charge in [-0.1, -0.05) is 6.07 Å². The third-order valence-electron chi connectivity index (χ3n) is 3.58. The molecule has 2 N–H and O–H groups in total. The zero-order valence-electron chi connectivity index (χ0n) is 15.2. The number of nitrogens with zero attached hydrogens (tertiary/aromatic N) is 4. The molecule has 8 heteroatoms. The standard InChI is InChI=1S/C17H26N6O.HI/c1-5-19-16(22-12-17(2,3)24-4)21-11-14-6-7-15(20-10-14)23-9-8-18-13-23;/h6-10,13H,5,11-12H2,1-4H3,(H2,19,21,22);1H. The molecule has 0 aliphatic heterocycles. The molecule has 0 spiro atoms. The number of aliphatic imine (C=N–C) groups is 1. The Bertz CT molecular complexity index is 640. The number of ether oxygens (including phenoxy) is 1. The van der Waals surface area contributed by atoms with Crippen molar-refractivity contribution in [3.05, 3.63) is 42.6 Å². The first-order valence-corrected chi connectivity index (χ1v) is 8.04. The molecular weight excluding hydrogens is 431 g/mol. The summed E-state index contributed by atoms with van der Waals surface area (Å²) in [5.41, 5.74) is 0.798. The summed E-state index contributed by atoms with van der Waals surface area (Å²) in [6, 6.07) is 3.98. The van der Waals surface area contributed by atoms with Gasteiger partial charge in [-0.2, -0.15) is 0 Å². The third kappa shape index (κ3) is 6.99. The minimum Gasteiger partial charge on any atom is -0.377 e. The Morgan fingerprint density at radius 2 is 2.12 bits per heavy atom. The largest absolute Gasteiger partial charge is 0.377 e. The number of imidazole rings is 1. The molecule has 0 unspecified atom stereocenters. The maximum absolute atomic E-state index is 5.41. The Kier molecular flexibility index (Phi) is 8.84. The summed E-state index contributed by atoms with van der Waals surface area (Å²) in [6.45, 7) is 8.13. The van der Waals surface area contributed by atoms with Gasteiger partial charge in [0.15, 0.2) is 5.96 Å². The Balaban J connectivity index is 0.00000312. The fourth-order valence-electron chi connectivity index (χ4n) is 1.94. The van der Waals surface area contributed by atoms with E-state index in [1.807, 2.05) is 49.9 Å². The van der Waals surface area contributed by atoms with E-state index in [0.717, 1.165) is 23.9 Å². The maximum atomic E-state index is 5.41.